The third kappa shape index (κ3) is 4.59. The van der Waals surface area contributed by atoms with E-state index in [-0.39, 0.29) is 0 Å². The van der Waals surface area contributed by atoms with Crippen LogP contribution in [0.15, 0.2) is 11.8 Å². The maximum Gasteiger partial charge on any atom is 0.211 e. The zero-order chi connectivity index (χ0) is 13.8. The predicted octanol–water partition coefficient (Wildman–Crippen LogP) is 0.465. The molecule has 0 radical (unpaired) electrons. The van der Waals surface area contributed by atoms with Gasteiger partial charge < -0.3 is 5.32 Å². The molecule has 0 aliphatic carbocycles. The van der Waals surface area contributed by atoms with Crippen molar-refractivity contribution in [2.75, 3.05) is 39.0 Å². The van der Waals surface area contributed by atoms with Gasteiger partial charge in [-0.2, -0.15) is 4.31 Å². The van der Waals surface area contributed by atoms with Crippen LogP contribution in [-0.4, -0.2) is 62.6 Å². The summed E-state index contributed by atoms with van der Waals surface area (Å²) in [6.45, 7) is 9.96. The molecule has 6 heteroatoms. The first-order valence-electron chi connectivity index (χ1n) is 6.40. The summed E-state index contributed by atoms with van der Waals surface area (Å²) in [5.74, 6) is 0. The summed E-state index contributed by atoms with van der Waals surface area (Å²) >= 11 is 0. The number of hydrogen-bond acceptors (Lipinski definition) is 4. The normalized spacial score (nSPS) is 21.9. The van der Waals surface area contributed by atoms with Crippen molar-refractivity contribution in [1.29, 1.82) is 0 Å². The van der Waals surface area contributed by atoms with E-state index in [1.54, 1.807) is 4.31 Å². The molecule has 1 N–H and O–H groups in total. The molecule has 1 heterocycles. The molecule has 1 saturated heterocycles. The summed E-state index contributed by atoms with van der Waals surface area (Å²) in [5.41, 5.74) is 1.18. The smallest absolute Gasteiger partial charge is 0.211 e. The van der Waals surface area contributed by atoms with Crippen LogP contribution in [0.4, 0.5) is 0 Å². The van der Waals surface area contributed by atoms with E-state index in [2.05, 4.69) is 17.1 Å². The SMILES string of the molecule is C/C=C(\C)NC[C@H](C)N1CCN(S(C)(=O)=O)CC1. The lowest BCUT2D eigenvalue weighted by Crippen LogP contribution is -2.52. The molecule has 0 spiro atoms. The van der Waals surface area contributed by atoms with Crippen LogP contribution in [0.1, 0.15) is 20.8 Å². The molecule has 18 heavy (non-hydrogen) atoms. The van der Waals surface area contributed by atoms with Gasteiger partial charge in [0.1, 0.15) is 0 Å². The Kier molecular flexibility index (Phi) is 5.62. The Morgan fingerprint density at radius 3 is 2.33 bits per heavy atom. The van der Waals surface area contributed by atoms with Crippen molar-refractivity contribution in [2.45, 2.75) is 26.8 Å². The van der Waals surface area contributed by atoms with E-state index in [1.807, 2.05) is 19.9 Å². The molecule has 1 fully saturated rings. The summed E-state index contributed by atoms with van der Waals surface area (Å²) in [5, 5.41) is 3.36. The van der Waals surface area contributed by atoms with E-state index in [0.29, 0.717) is 19.1 Å². The molecule has 0 aromatic rings. The average Bonchev–Trinajstić information content (AvgIpc) is 2.34. The van der Waals surface area contributed by atoms with Gasteiger partial charge in [0.05, 0.1) is 6.26 Å². The molecule has 1 aliphatic rings. The molecule has 0 saturated carbocycles. The molecule has 5 nitrogen and oxygen atoms in total. The van der Waals surface area contributed by atoms with E-state index in [4.69, 9.17) is 0 Å². The summed E-state index contributed by atoms with van der Waals surface area (Å²) in [4.78, 5) is 2.33. The van der Waals surface area contributed by atoms with E-state index in [9.17, 15) is 8.42 Å². The second-order valence-electron chi connectivity index (χ2n) is 4.90. The Bertz CT molecular complexity index is 384. The first kappa shape index (κ1) is 15.5. The predicted molar refractivity (Wildman–Crippen MR) is 74.9 cm³/mol. The number of hydrogen-bond donors (Lipinski definition) is 1. The van der Waals surface area contributed by atoms with Crippen molar-refractivity contribution < 1.29 is 8.42 Å². The fraction of sp³-hybridized carbons (Fsp3) is 0.833. The number of nitrogens with one attached hydrogen (secondary N) is 1. The van der Waals surface area contributed by atoms with Gasteiger partial charge in [-0.05, 0) is 20.8 Å². The standard InChI is InChI=1S/C12H25N3O2S/c1-5-11(2)13-10-12(3)14-6-8-15(9-7-14)18(4,16)17/h5,12-13H,6-10H2,1-4H3/b11-5+/t12-/m0/s1. The molecule has 0 bridgehead atoms. The quantitative estimate of drug-likeness (QED) is 0.792. The number of sulfonamides is 1. The van der Waals surface area contributed by atoms with Crippen LogP contribution in [0.2, 0.25) is 0 Å². The van der Waals surface area contributed by atoms with Crippen molar-refractivity contribution in [2.24, 2.45) is 0 Å². The van der Waals surface area contributed by atoms with Crippen LogP contribution in [-0.2, 0) is 10.0 Å². The Morgan fingerprint density at radius 2 is 1.89 bits per heavy atom. The Balaban J connectivity index is 2.38. The topological polar surface area (TPSA) is 52.6 Å². The van der Waals surface area contributed by atoms with E-state index >= 15 is 0 Å². The van der Waals surface area contributed by atoms with Gasteiger partial charge in [0.25, 0.3) is 0 Å². The van der Waals surface area contributed by atoms with Crippen molar-refractivity contribution in [3.63, 3.8) is 0 Å². The van der Waals surface area contributed by atoms with E-state index < -0.39 is 10.0 Å². The van der Waals surface area contributed by atoms with Crippen LogP contribution >= 0.6 is 0 Å². The van der Waals surface area contributed by atoms with Crippen LogP contribution in [0.5, 0.6) is 0 Å². The molecular weight excluding hydrogens is 250 g/mol. The maximum absolute atomic E-state index is 11.4. The van der Waals surface area contributed by atoms with Crippen molar-refractivity contribution in [3.8, 4) is 0 Å². The summed E-state index contributed by atoms with van der Waals surface area (Å²) in [6, 6.07) is 0.418. The van der Waals surface area contributed by atoms with Crippen LogP contribution in [0.3, 0.4) is 0 Å². The first-order valence-corrected chi connectivity index (χ1v) is 8.25. The second-order valence-corrected chi connectivity index (χ2v) is 6.88. The highest BCUT2D eigenvalue weighted by atomic mass is 32.2. The molecule has 1 rings (SSSR count). The monoisotopic (exact) mass is 275 g/mol. The minimum absolute atomic E-state index is 0.418. The van der Waals surface area contributed by atoms with Gasteiger partial charge in [-0.3, -0.25) is 4.90 Å². The summed E-state index contributed by atoms with van der Waals surface area (Å²) < 4.78 is 24.4. The lowest BCUT2D eigenvalue weighted by atomic mass is 10.2. The van der Waals surface area contributed by atoms with Gasteiger partial charge in [0.15, 0.2) is 0 Å². The van der Waals surface area contributed by atoms with Gasteiger partial charge in [0.2, 0.25) is 10.0 Å². The number of allylic oxidation sites excluding steroid dienone is 2. The summed E-state index contributed by atoms with van der Waals surface area (Å²) in [6.07, 6.45) is 3.33. The lowest BCUT2D eigenvalue weighted by Gasteiger charge is -2.37. The maximum atomic E-state index is 11.4. The van der Waals surface area contributed by atoms with Gasteiger partial charge in [-0.25, -0.2) is 8.42 Å². The Morgan fingerprint density at radius 1 is 1.33 bits per heavy atom. The van der Waals surface area contributed by atoms with Gasteiger partial charge in [0, 0.05) is 44.5 Å². The fourth-order valence-electron chi connectivity index (χ4n) is 2.02. The highest BCUT2D eigenvalue weighted by molar-refractivity contribution is 7.88. The number of piperazine rings is 1. The summed E-state index contributed by atoms with van der Waals surface area (Å²) in [7, 11) is -3.02. The minimum atomic E-state index is -3.02. The third-order valence-electron chi connectivity index (χ3n) is 3.47. The van der Waals surface area contributed by atoms with Gasteiger partial charge >= 0.3 is 0 Å². The zero-order valence-corrected chi connectivity index (χ0v) is 12.6. The first-order chi connectivity index (χ1) is 8.34. The van der Waals surface area contributed by atoms with Crippen LogP contribution in [0.25, 0.3) is 0 Å². The molecular formula is C12H25N3O2S. The third-order valence-corrected chi connectivity index (χ3v) is 4.78. The average molecular weight is 275 g/mol. The molecule has 0 unspecified atom stereocenters. The second kappa shape index (κ2) is 6.54. The van der Waals surface area contributed by atoms with Crippen molar-refractivity contribution in [3.05, 3.63) is 11.8 Å². The molecule has 0 aromatic heterocycles. The van der Waals surface area contributed by atoms with Gasteiger partial charge in [-0.1, -0.05) is 6.08 Å². The zero-order valence-electron chi connectivity index (χ0n) is 11.8. The van der Waals surface area contributed by atoms with Gasteiger partial charge in [-0.15, -0.1) is 0 Å². The molecule has 1 aliphatic heterocycles. The van der Waals surface area contributed by atoms with E-state index in [1.165, 1.54) is 12.0 Å². The molecule has 1 atom stereocenters. The van der Waals surface area contributed by atoms with Crippen LogP contribution < -0.4 is 5.32 Å². The molecule has 0 amide bonds. The van der Waals surface area contributed by atoms with Crippen molar-refractivity contribution >= 4 is 10.0 Å². The largest absolute Gasteiger partial charge is 0.387 e. The number of rotatable bonds is 5. The lowest BCUT2D eigenvalue weighted by molar-refractivity contribution is 0.145. The molecule has 0 aromatic carbocycles. The van der Waals surface area contributed by atoms with Crippen molar-refractivity contribution in [1.82, 2.24) is 14.5 Å². The van der Waals surface area contributed by atoms with Crippen LogP contribution in [0, 0.1) is 0 Å². The minimum Gasteiger partial charge on any atom is -0.387 e. The highest BCUT2D eigenvalue weighted by Crippen LogP contribution is 2.09. The number of nitrogens with zero attached hydrogens (tertiary/aromatic N) is 2. The molecule has 106 valence electrons. The van der Waals surface area contributed by atoms with E-state index in [0.717, 1.165) is 19.6 Å². The highest BCUT2D eigenvalue weighted by Gasteiger charge is 2.25. The fourth-order valence-corrected chi connectivity index (χ4v) is 2.84. The Labute approximate surface area is 111 Å². The Hall–Kier alpha value is -0.590.